The summed E-state index contributed by atoms with van der Waals surface area (Å²) in [7, 11) is 1.65. The van der Waals surface area contributed by atoms with Crippen molar-refractivity contribution in [2.75, 3.05) is 0 Å². The number of aromatic carboxylic acids is 1. The molecule has 0 atom stereocenters. The summed E-state index contributed by atoms with van der Waals surface area (Å²) in [5.74, 6) is -1.72. The summed E-state index contributed by atoms with van der Waals surface area (Å²) in [5, 5.41) is 13.4. The third kappa shape index (κ3) is 2.17. The first-order valence-electron chi connectivity index (χ1n) is 4.63. The van der Waals surface area contributed by atoms with E-state index in [1.165, 1.54) is 16.8 Å². The number of carboxylic acid groups (broad SMARTS) is 1. The van der Waals surface area contributed by atoms with E-state index < -0.39 is 18.3 Å². The molecule has 7 heteroatoms. The Morgan fingerprint density at radius 1 is 1.53 bits per heavy atom. The van der Waals surface area contributed by atoms with Crippen LogP contribution in [-0.4, -0.2) is 27.5 Å². The predicted molar refractivity (Wildman–Crippen MR) is 54.3 cm³/mol. The van der Waals surface area contributed by atoms with Crippen LogP contribution in [0.2, 0.25) is 0 Å². The van der Waals surface area contributed by atoms with Gasteiger partial charge in [0, 0.05) is 24.7 Å². The van der Waals surface area contributed by atoms with Crippen molar-refractivity contribution in [3.8, 4) is 5.75 Å². The van der Waals surface area contributed by atoms with Crippen molar-refractivity contribution in [2.24, 2.45) is 7.05 Å². The first-order valence-corrected chi connectivity index (χ1v) is 4.63. The van der Waals surface area contributed by atoms with Gasteiger partial charge in [-0.2, -0.15) is 13.9 Å². The minimum Gasteiger partial charge on any atom is -0.478 e. The second-order valence-electron chi connectivity index (χ2n) is 3.39. The van der Waals surface area contributed by atoms with Crippen LogP contribution in [-0.2, 0) is 7.05 Å². The first kappa shape index (κ1) is 11.3. The Kier molecular flexibility index (Phi) is 2.66. The van der Waals surface area contributed by atoms with Crippen LogP contribution in [0.4, 0.5) is 8.78 Å². The minimum atomic E-state index is -3.07. The molecule has 0 aliphatic heterocycles. The van der Waals surface area contributed by atoms with Crippen molar-refractivity contribution in [3.05, 3.63) is 23.9 Å². The number of fused-ring (bicyclic) bond motifs is 1. The molecule has 5 nitrogen and oxygen atoms in total. The van der Waals surface area contributed by atoms with E-state index in [0.717, 1.165) is 0 Å². The number of carbonyl (C=O) groups is 1. The Labute approximate surface area is 94.2 Å². The molecular weight excluding hydrogens is 234 g/mol. The van der Waals surface area contributed by atoms with Crippen LogP contribution in [0.25, 0.3) is 10.9 Å². The zero-order valence-electron chi connectivity index (χ0n) is 8.72. The zero-order chi connectivity index (χ0) is 12.6. The number of ether oxygens (including phenoxy) is 1. The molecule has 1 N–H and O–H groups in total. The average Bonchev–Trinajstić information content (AvgIpc) is 2.54. The molecule has 0 saturated heterocycles. The van der Waals surface area contributed by atoms with Crippen molar-refractivity contribution in [1.29, 1.82) is 0 Å². The molecule has 1 aromatic carbocycles. The van der Waals surface area contributed by atoms with Gasteiger partial charge in [0.15, 0.2) is 0 Å². The monoisotopic (exact) mass is 242 g/mol. The average molecular weight is 242 g/mol. The van der Waals surface area contributed by atoms with Gasteiger partial charge in [-0.15, -0.1) is 0 Å². The molecule has 1 aromatic heterocycles. The van der Waals surface area contributed by atoms with Gasteiger partial charge < -0.3 is 9.84 Å². The number of halogens is 2. The zero-order valence-corrected chi connectivity index (χ0v) is 8.72. The van der Waals surface area contributed by atoms with Crippen molar-refractivity contribution >= 4 is 16.9 Å². The maximum absolute atomic E-state index is 12.1. The molecule has 0 aliphatic rings. The summed E-state index contributed by atoms with van der Waals surface area (Å²) in [6.45, 7) is -3.07. The summed E-state index contributed by atoms with van der Waals surface area (Å²) < 4.78 is 29.9. The third-order valence-electron chi connectivity index (χ3n) is 2.17. The van der Waals surface area contributed by atoms with E-state index in [4.69, 9.17) is 5.11 Å². The van der Waals surface area contributed by atoms with Crippen LogP contribution in [0.3, 0.4) is 0 Å². The van der Waals surface area contributed by atoms with Crippen molar-refractivity contribution in [1.82, 2.24) is 9.78 Å². The summed E-state index contributed by atoms with van der Waals surface area (Å²) >= 11 is 0. The summed E-state index contributed by atoms with van der Waals surface area (Å²) in [6.07, 6.45) is 1.59. The third-order valence-corrected chi connectivity index (χ3v) is 2.17. The maximum atomic E-state index is 12.1. The fourth-order valence-corrected chi connectivity index (χ4v) is 1.54. The molecule has 1 heterocycles. The van der Waals surface area contributed by atoms with E-state index >= 15 is 0 Å². The van der Waals surface area contributed by atoms with Crippen LogP contribution in [0.1, 0.15) is 10.4 Å². The van der Waals surface area contributed by atoms with Crippen molar-refractivity contribution < 1.29 is 23.4 Å². The second kappa shape index (κ2) is 4.00. The number of aryl methyl sites for hydroxylation is 1. The fourth-order valence-electron chi connectivity index (χ4n) is 1.54. The molecule has 0 fully saturated rings. The lowest BCUT2D eigenvalue weighted by Crippen LogP contribution is -2.07. The molecule has 0 unspecified atom stereocenters. The summed E-state index contributed by atoms with van der Waals surface area (Å²) in [5.41, 5.74) is 0.0824. The lowest BCUT2D eigenvalue weighted by atomic mass is 10.1. The van der Waals surface area contributed by atoms with Crippen LogP contribution >= 0.6 is 0 Å². The van der Waals surface area contributed by atoms with Gasteiger partial charge in [0.05, 0.1) is 5.52 Å². The Bertz CT molecular complexity index is 580. The van der Waals surface area contributed by atoms with Gasteiger partial charge >= 0.3 is 12.6 Å². The number of nitrogens with zero attached hydrogens (tertiary/aromatic N) is 2. The van der Waals surface area contributed by atoms with E-state index in [2.05, 4.69) is 9.84 Å². The highest BCUT2D eigenvalue weighted by molar-refractivity contribution is 5.96. The van der Waals surface area contributed by atoms with E-state index in [0.29, 0.717) is 10.9 Å². The van der Waals surface area contributed by atoms with Gasteiger partial charge in [0.1, 0.15) is 11.3 Å². The van der Waals surface area contributed by atoms with Crippen molar-refractivity contribution in [3.63, 3.8) is 0 Å². The predicted octanol–water partition coefficient (Wildman–Crippen LogP) is 1.87. The number of rotatable bonds is 3. The molecule has 90 valence electrons. The van der Waals surface area contributed by atoms with E-state index in [1.54, 1.807) is 13.2 Å². The number of carboxylic acids is 1. The quantitative estimate of drug-likeness (QED) is 0.892. The summed E-state index contributed by atoms with van der Waals surface area (Å²) in [6, 6.07) is 2.44. The van der Waals surface area contributed by atoms with E-state index in [-0.39, 0.29) is 5.56 Å². The van der Waals surface area contributed by atoms with Crippen LogP contribution < -0.4 is 4.74 Å². The smallest absolute Gasteiger partial charge is 0.387 e. The van der Waals surface area contributed by atoms with Crippen LogP contribution in [0.15, 0.2) is 18.3 Å². The highest BCUT2D eigenvalue weighted by Gasteiger charge is 2.17. The van der Waals surface area contributed by atoms with Crippen LogP contribution in [0.5, 0.6) is 5.75 Å². The Hall–Kier alpha value is -2.18. The Morgan fingerprint density at radius 3 is 2.82 bits per heavy atom. The van der Waals surface area contributed by atoms with Crippen LogP contribution in [0, 0.1) is 0 Å². The molecule has 0 bridgehead atoms. The maximum Gasteiger partial charge on any atom is 0.387 e. The fraction of sp³-hybridized carbons (Fsp3) is 0.200. The molecular formula is C10H8F2N2O3. The topological polar surface area (TPSA) is 64.4 Å². The number of hydrogen-bond acceptors (Lipinski definition) is 3. The molecule has 2 aromatic rings. The largest absolute Gasteiger partial charge is 0.478 e. The van der Waals surface area contributed by atoms with Gasteiger partial charge in [-0.1, -0.05) is 0 Å². The number of aromatic nitrogens is 2. The highest BCUT2D eigenvalue weighted by Crippen LogP contribution is 2.26. The lowest BCUT2D eigenvalue weighted by molar-refractivity contribution is -0.0502. The number of hydrogen-bond donors (Lipinski definition) is 1. The Balaban J connectivity index is 2.61. The summed E-state index contributed by atoms with van der Waals surface area (Å²) in [4.78, 5) is 10.9. The molecule has 17 heavy (non-hydrogen) atoms. The van der Waals surface area contributed by atoms with Gasteiger partial charge in [0.2, 0.25) is 0 Å². The lowest BCUT2D eigenvalue weighted by Gasteiger charge is -2.07. The van der Waals surface area contributed by atoms with Gasteiger partial charge in [-0.25, -0.2) is 4.79 Å². The normalized spacial score (nSPS) is 11.1. The van der Waals surface area contributed by atoms with Gasteiger partial charge in [-0.3, -0.25) is 4.68 Å². The second-order valence-corrected chi connectivity index (χ2v) is 3.39. The van der Waals surface area contributed by atoms with Crippen molar-refractivity contribution in [2.45, 2.75) is 6.61 Å². The molecule has 0 saturated carbocycles. The first-order chi connectivity index (χ1) is 7.97. The minimum absolute atomic E-state index is 0.314. The highest BCUT2D eigenvalue weighted by atomic mass is 19.3. The van der Waals surface area contributed by atoms with E-state index in [9.17, 15) is 13.6 Å². The Morgan fingerprint density at radius 2 is 2.24 bits per heavy atom. The SMILES string of the molecule is Cn1cc2cc(C(=O)O)c(OC(F)F)cc2n1. The number of benzene rings is 1. The standard InChI is InChI=1S/C10H8F2N2O3/c1-14-4-5-2-6(9(15)16)8(17-10(11)12)3-7(5)13-14/h2-4,10H,1H3,(H,15,16). The molecule has 0 spiro atoms. The van der Waals surface area contributed by atoms with E-state index in [1.807, 2.05) is 0 Å². The number of alkyl halides is 2. The van der Waals surface area contributed by atoms with Gasteiger partial charge in [-0.05, 0) is 6.07 Å². The molecule has 0 amide bonds. The van der Waals surface area contributed by atoms with Gasteiger partial charge in [0.25, 0.3) is 0 Å². The molecule has 2 rings (SSSR count). The molecule has 0 aliphatic carbocycles. The molecule has 0 radical (unpaired) electrons.